The largest absolute Gasteiger partial charge is 0.337 e. The molecule has 188 valence electrons. The normalized spacial score (nSPS) is 23.5. The second-order valence-corrected chi connectivity index (χ2v) is 10.9. The zero-order chi connectivity index (χ0) is 24.2. The van der Waals surface area contributed by atoms with E-state index in [2.05, 4.69) is 4.90 Å². The Bertz CT molecular complexity index is 1120. The van der Waals surface area contributed by atoms with Crippen LogP contribution in [0.3, 0.4) is 0 Å². The lowest BCUT2D eigenvalue weighted by atomic mass is 9.91. The zero-order valence-corrected chi connectivity index (χ0v) is 20.2. The Kier molecular flexibility index (Phi) is 5.82. The highest BCUT2D eigenvalue weighted by Crippen LogP contribution is 2.35. The molecule has 2 aliphatic heterocycles. The lowest BCUT2D eigenvalue weighted by Crippen LogP contribution is -2.53. The minimum atomic E-state index is -2.68. The van der Waals surface area contributed by atoms with Gasteiger partial charge in [0, 0.05) is 81.2 Å². The molecule has 0 atom stereocenters. The van der Waals surface area contributed by atoms with E-state index in [0.29, 0.717) is 23.2 Å². The summed E-state index contributed by atoms with van der Waals surface area (Å²) in [6, 6.07) is 8.30. The van der Waals surface area contributed by atoms with E-state index >= 15 is 0 Å². The molecule has 3 heterocycles. The summed E-state index contributed by atoms with van der Waals surface area (Å²) >= 11 is 0. The number of hydrogen-bond acceptors (Lipinski definition) is 3. The van der Waals surface area contributed by atoms with Crippen LogP contribution < -0.4 is 0 Å². The standard InChI is InChI=1S/C27H34F2N4O2/c28-27(29)8-10-31(11-9-27)26(35)24-17-21-16-20(6-7-23(21)33(24)18-19-4-5-19)25(34)32-14-12-30(13-15-32)22-2-1-3-22/h6-7,16-17,19,22H,1-5,8-15,18H2. The molecule has 2 saturated heterocycles. The van der Waals surface area contributed by atoms with Crippen LogP contribution in [0.15, 0.2) is 24.3 Å². The van der Waals surface area contributed by atoms with Crippen LogP contribution in [0.1, 0.15) is 65.8 Å². The monoisotopic (exact) mass is 484 g/mol. The maximum Gasteiger partial charge on any atom is 0.270 e. The second-order valence-electron chi connectivity index (χ2n) is 10.9. The van der Waals surface area contributed by atoms with Gasteiger partial charge in [-0.05, 0) is 55.9 Å². The Morgan fingerprint density at radius 3 is 2.17 bits per heavy atom. The summed E-state index contributed by atoms with van der Waals surface area (Å²) in [5.74, 6) is -2.27. The summed E-state index contributed by atoms with van der Waals surface area (Å²) in [4.78, 5) is 32.7. The van der Waals surface area contributed by atoms with Crippen molar-refractivity contribution in [1.29, 1.82) is 0 Å². The molecule has 4 aliphatic rings. The molecular formula is C27H34F2N4O2. The molecule has 8 heteroatoms. The first-order valence-corrected chi connectivity index (χ1v) is 13.2. The molecule has 0 spiro atoms. The van der Waals surface area contributed by atoms with Crippen molar-refractivity contribution in [3.05, 3.63) is 35.5 Å². The van der Waals surface area contributed by atoms with E-state index in [1.165, 1.54) is 19.3 Å². The number of likely N-dealkylation sites (tertiary alicyclic amines) is 1. The van der Waals surface area contributed by atoms with Crippen LogP contribution in [-0.4, -0.2) is 82.3 Å². The maximum absolute atomic E-state index is 13.6. The average Bonchev–Trinajstić information content (AvgIpc) is 3.57. The maximum atomic E-state index is 13.6. The fourth-order valence-electron chi connectivity index (χ4n) is 5.76. The van der Waals surface area contributed by atoms with Crippen molar-refractivity contribution in [1.82, 2.24) is 19.3 Å². The number of halogens is 2. The number of piperazine rings is 1. The van der Waals surface area contributed by atoms with Gasteiger partial charge >= 0.3 is 0 Å². The summed E-state index contributed by atoms with van der Waals surface area (Å²) in [6.45, 7) is 4.28. The molecule has 6 rings (SSSR count). The van der Waals surface area contributed by atoms with Crippen molar-refractivity contribution in [3.8, 4) is 0 Å². The van der Waals surface area contributed by atoms with Gasteiger partial charge in [0.15, 0.2) is 0 Å². The van der Waals surface area contributed by atoms with Crippen LogP contribution in [0.4, 0.5) is 8.78 Å². The molecule has 2 saturated carbocycles. The van der Waals surface area contributed by atoms with Crippen LogP contribution in [-0.2, 0) is 6.54 Å². The topological polar surface area (TPSA) is 48.8 Å². The smallest absolute Gasteiger partial charge is 0.270 e. The first-order valence-electron chi connectivity index (χ1n) is 13.2. The van der Waals surface area contributed by atoms with E-state index in [4.69, 9.17) is 0 Å². The van der Waals surface area contributed by atoms with Crippen LogP contribution in [0, 0.1) is 5.92 Å². The van der Waals surface area contributed by atoms with E-state index in [0.717, 1.165) is 56.5 Å². The number of rotatable bonds is 5. The third-order valence-corrected chi connectivity index (χ3v) is 8.48. The average molecular weight is 485 g/mol. The molecule has 1 aromatic carbocycles. The second kappa shape index (κ2) is 8.87. The first-order chi connectivity index (χ1) is 16.9. The number of carbonyl (C=O) groups is 2. The van der Waals surface area contributed by atoms with Crippen molar-refractivity contribution in [2.75, 3.05) is 39.3 Å². The third kappa shape index (κ3) is 4.57. The summed E-state index contributed by atoms with van der Waals surface area (Å²) in [5, 5.41) is 0.871. The van der Waals surface area contributed by atoms with Crippen LogP contribution in [0.5, 0.6) is 0 Å². The molecule has 0 N–H and O–H groups in total. The van der Waals surface area contributed by atoms with E-state index in [-0.39, 0.29) is 37.7 Å². The number of alkyl halides is 2. The van der Waals surface area contributed by atoms with E-state index in [9.17, 15) is 18.4 Å². The molecule has 6 nitrogen and oxygen atoms in total. The van der Waals surface area contributed by atoms with E-state index in [1.807, 2.05) is 33.7 Å². The third-order valence-electron chi connectivity index (χ3n) is 8.48. The lowest BCUT2D eigenvalue weighted by molar-refractivity contribution is -0.0495. The van der Waals surface area contributed by atoms with Gasteiger partial charge < -0.3 is 14.4 Å². The number of aromatic nitrogens is 1. The van der Waals surface area contributed by atoms with Gasteiger partial charge in [-0.2, -0.15) is 0 Å². The highest BCUT2D eigenvalue weighted by atomic mass is 19.3. The molecule has 2 aromatic rings. The number of nitrogens with zero attached hydrogens (tertiary/aromatic N) is 4. The lowest BCUT2D eigenvalue weighted by Gasteiger charge is -2.42. The van der Waals surface area contributed by atoms with Gasteiger partial charge in [-0.3, -0.25) is 14.5 Å². The molecule has 4 fully saturated rings. The quantitative estimate of drug-likeness (QED) is 0.638. The summed E-state index contributed by atoms with van der Waals surface area (Å²) in [6.07, 6.45) is 5.60. The summed E-state index contributed by atoms with van der Waals surface area (Å²) < 4.78 is 29.3. The Labute approximate surface area is 204 Å². The van der Waals surface area contributed by atoms with Gasteiger partial charge in [0.2, 0.25) is 0 Å². The molecule has 0 radical (unpaired) electrons. The predicted molar refractivity (Wildman–Crippen MR) is 130 cm³/mol. The SMILES string of the molecule is O=C(c1ccc2c(c1)cc(C(=O)N1CCC(F)(F)CC1)n2CC1CC1)N1CCN(C2CCC2)CC1. The fraction of sp³-hybridized carbons (Fsp3) is 0.630. The Morgan fingerprint density at radius 2 is 1.54 bits per heavy atom. The van der Waals surface area contributed by atoms with Gasteiger partial charge in [0.25, 0.3) is 17.7 Å². The molecule has 0 unspecified atom stereocenters. The number of fused-ring (bicyclic) bond motifs is 1. The molecule has 2 aliphatic carbocycles. The van der Waals surface area contributed by atoms with Crippen molar-refractivity contribution >= 4 is 22.7 Å². The van der Waals surface area contributed by atoms with E-state index < -0.39 is 5.92 Å². The number of piperidine rings is 1. The molecule has 2 amide bonds. The molecular weight excluding hydrogens is 450 g/mol. The minimum Gasteiger partial charge on any atom is -0.337 e. The summed E-state index contributed by atoms with van der Waals surface area (Å²) in [5.41, 5.74) is 2.14. The van der Waals surface area contributed by atoms with E-state index in [1.54, 1.807) is 4.90 Å². The molecule has 0 bridgehead atoms. The Balaban J connectivity index is 1.22. The van der Waals surface area contributed by atoms with Crippen molar-refractivity contribution in [2.45, 2.75) is 63.5 Å². The highest BCUT2D eigenvalue weighted by molar-refractivity contribution is 6.02. The van der Waals surface area contributed by atoms with Gasteiger partial charge in [-0.15, -0.1) is 0 Å². The van der Waals surface area contributed by atoms with Crippen LogP contribution >= 0.6 is 0 Å². The van der Waals surface area contributed by atoms with Crippen molar-refractivity contribution in [3.63, 3.8) is 0 Å². The number of carbonyl (C=O) groups excluding carboxylic acids is 2. The Morgan fingerprint density at radius 1 is 0.857 bits per heavy atom. The van der Waals surface area contributed by atoms with Crippen LogP contribution in [0.2, 0.25) is 0 Å². The first kappa shape index (κ1) is 23.0. The highest BCUT2D eigenvalue weighted by Gasteiger charge is 2.37. The van der Waals surface area contributed by atoms with Crippen molar-refractivity contribution in [2.24, 2.45) is 5.92 Å². The van der Waals surface area contributed by atoms with Crippen LogP contribution in [0.25, 0.3) is 10.9 Å². The number of amides is 2. The fourth-order valence-corrected chi connectivity index (χ4v) is 5.76. The predicted octanol–water partition coefficient (Wildman–Crippen LogP) is 4.23. The van der Waals surface area contributed by atoms with Gasteiger partial charge in [0.1, 0.15) is 5.69 Å². The zero-order valence-electron chi connectivity index (χ0n) is 20.2. The van der Waals surface area contributed by atoms with Gasteiger partial charge in [0.05, 0.1) is 0 Å². The minimum absolute atomic E-state index is 0.0428. The number of hydrogen-bond donors (Lipinski definition) is 0. The Hall–Kier alpha value is -2.48. The van der Waals surface area contributed by atoms with Gasteiger partial charge in [-0.1, -0.05) is 6.42 Å². The molecule has 35 heavy (non-hydrogen) atoms. The molecule has 1 aromatic heterocycles. The van der Waals surface area contributed by atoms with Crippen molar-refractivity contribution < 1.29 is 18.4 Å². The summed E-state index contributed by atoms with van der Waals surface area (Å²) in [7, 11) is 0. The number of benzene rings is 1. The van der Waals surface area contributed by atoms with Gasteiger partial charge in [-0.25, -0.2) is 8.78 Å².